The average Bonchev–Trinajstić information content (AvgIpc) is 2.23. The Balaban J connectivity index is 2.08. The highest BCUT2D eigenvalue weighted by atomic mass is 19.4. The summed E-state index contributed by atoms with van der Waals surface area (Å²) < 4.78 is 35.6. The highest BCUT2D eigenvalue weighted by Crippen LogP contribution is 2.27. The average molecular weight is 238 g/mol. The van der Waals surface area contributed by atoms with Gasteiger partial charge in [0.05, 0.1) is 6.42 Å². The Kier molecular flexibility index (Phi) is 5.55. The van der Waals surface area contributed by atoms with Crippen LogP contribution in [0.5, 0.6) is 0 Å². The predicted molar refractivity (Wildman–Crippen MR) is 58.0 cm³/mol. The standard InChI is InChI=1S/C11H21F3N2/c12-11(13,14)4-5-16-8-10-3-1-2-9(6-10)7-15/h9-10,16H,1-8,15H2/t9-,10+/m1/s1. The smallest absolute Gasteiger partial charge is 0.330 e. The van der Waals surface area contributed by atoms with Crippen LogP contribution in [-0.2, 0) is 0 Å². The Bertz CT molecular complexity index is 194. The molecule has 1 fully saturated rings. The highest BCUT2D eigenvalue weighted by molar-refractivity contribution is 4.75. The fourth-order valence-corrected chi connectivity index (χ4v) is 2.34. The molecule has 0 unspecified atom stereocenters. The maximum atomic E-state index is 11.9. The molecule has 0 bridgehead atoms. The first-order valence-corrected chi connectivity index (χ1v) is 5.99. The minimum Gasteiger partial charge on any atom is -0.330 e. The Morgan fingerprint density at radius 2 is 1.88 bits per heavy atom. The molecular formula is C11H21F3N2. The van der Waals surface area contributed by atoms with Gasteiger partial charge in [0.1, 0.15) is 0 Å². The number of hydrogen-bond acceptors (Lipinski definition) is 2. The third-order valence-corrected chi connectivity index (χ3v) is 3.24. The van der Waals surface area contributed by atoms with Gasteiger partial charge in [-0.15, -0.1) is 0 Å². The molecule has 1 aliphatic carbocycles. The van der Waals surface area contributed by atoms with E-state index < -0.39 is 12.6 Å². The van der Waals surface area contributed by atoms with E-state index in [9.17, 15) is 13.2 Å². The van der Waals surface area contributed by atoms with Crippen molar-refractivity contribution in [2.24, 2.45) is 17.6 Å². The van der Waals surface area contributed by atoms with Gasteiger partial charge in [0.2, 0.25) is 0 Å². The van der Waals surface area contributed by atoms with Crippen molar-refractivity contribution >= 4 is 0 Å². The van der Waals surface area contributed by atoms with Crippen molar-refractivity contribution in [3.8, 4) is 0 Å². The van der Waals surface area contributed by atoms with Crippen molar-refractivity contribution < 1.29 is 13.2 Å². The minimum absolute atomic E-state index is 0.0350. The summed E-state index contributed by atoms with van der Waals surface area (Å²) in [6.45, 7) is 1.44. The van der Waals surface area contributed by atoms with Gasteiger partial charge in [0.15, 0.2) is 0 Å². The number of rotatable bonds is 5. The molecule has 0 aromatic rings. The lowest BCUT2D eigenvalue weighted by Gasteiger charge is -2.28. The summed E-state index contributed by atoms with van der Waals surface area (Å²) in [6.07, 6.45) is -0.256. The molecule has 0 spiro atoms. The second-order valence-corrected chi connectivity index (χ2v) is 4.70. The van der Waals surface area contributed by atoms with E-state index in [-0.39, 0.29) is 6.54 Å². The molecule has 96 valence electrons. The summed E-state index contributed by atoms with van der Waals surface area (Å²) in [4.78, 5) is 0. The second kappa shape index (κ2) is 6.45. The summed E-state index contributed by atoms with van der Waals surface area (Å²) in [5, 5.41) is 2.90. The van der Waals surface area contributed by atoms with Crippen molar-refractivity contribution in [2.45, 2.75) is 38.3 Å². The first-order chi connectivity index (χ1) is 7.51. The van der Waals surface area contributed by atoms with Gasteiger partial charge in [-0.3, -0.25) is 0 Å². The van der Waals surface area contributed by atoms with Gasteiger partial charge >= 0.3 is 6.18 Å². The van der Waals surface area contributed by atoms with E-state index in [2.05, 4.69) is 5.32 Å². The molecule has 5 heteroatoms. The first-order valence-electron chi connectivity index (χ1n) is 5.99. The van der Waals surface area contributed by atoms with Crippen LogP contribution in [0.15, 0.2) is 0 Å². The highest BCUT2D eigenvalue weighted by Gasteiger charge is 2.26. The zero-order chi connectivity index (χ0) is 12.0. The third-order valence-electron chi connectivity index (χ3n) is 3.24. The van der Waals surface area contributed by atoms with Gasteiger partial charge in [-0.05, 0) is 44.2 Å². The zero-order valence-electron chi connectivity index (χ0n) is 9.52. The van der Waals surface area contributed by atoms with Crippen molar-refractivity contribution in [1.82, 2.24) is 5.32 Å². The largest absolute Gasteiger partial charge is 0.390 e. The zero-order valence-corrected chi connectivity index (χ0v) is 9.52. The van der Waals surface area contributed by atoms with Crippen LogP contribution < -0.4 is 11.1 Å². The lowest BCUT2D eigenvalue weighted by molar-refractivity contribution is -0.133. The molecule has 1 aliphatic rings. The van der Waals surface area contributed by atoms with Crippen LogP contribution >= 0.6 is 0 Å². The fraction of sp³-hybridized carbons (Fsp3) is 1.00. The molecule has 2 nitrogen and oxygen atoms in total. The van der Waals surface area contributed by atoms with Crippen LogP contribution in [0.2, 0.25) is 0 Å². The Morgan fingerprint density at radius 1 is 1.19 bits per heavy atom. The lowest BCUT2D eigenvalue weighted by Crippen LogP contribution is -2.31. The molecule has 1 rings (SSSR count). The third kappa shape index (κ3) is 5.70. The fourth-order valence-electron chi connectivity index (χ4n) is 2.34. The van der Waals surface area contributed by atoms with Gasteiger partial charge in [-0.1, -0.05) is 6.42 Å². The molecule has 0 saturated heterocycles. The van der Waals surface area contributed by atoms with Crippen LogP contribution in [0.1, 0.15) is 32.1 Å². The maximum Gasteiger partial charge on any atom is 0.390 e. The van der Waals surface area contributed by atoms with Gasteiger partial charge in [-0.25, -0.2) is 0 Å². The Labute approximate surface area is 94.8 Å². The molecule has 1 saturated carbocycles. The maximum absolute atomic E-state index is 11.9. The summed E-state index contributed by atoms with van der Waals surface area (Å²) in [6, 6.07) is 0. The monoisotopic (exact) mass is 238 g/mol. The molecule has 0 aromatic carbocycles. The number of hydrogen-bond donors (Lipinski definition) is 2. The van der Waals surface area contributed by atoms with Gasteiger partial charge in [-0.2, -0.15) is 13.2 Å². The molecular weight excluding hydrogens is 217 g/mol. The van der Waals surface area contributed by atoms with Crippen LogP contribution in [0.4, 0.5) is 13.2 Å². The minimum atomic E-state index is -4.04. The van der Waals surface area contributed by atoms with E-state index in [0.717, 1.165) is 19.3 Å². The topological polar surface area (TPSA) is 38.0 Å². The van der Waals surface area contributed by atoms with Gasteiger partial charge in [0.25, 0.3) is 0 Å². The molecule has 16 heavy (non-hydrogen) atoms. The summed E-state index contributed by atoms with van der Waals surface area (Å²) in [5.41, 5.74) is 5.61. The lowest BCUT2D eigenvalue weighted by atomic mass is 9.81. The molecule has 0 radical (unpaired) electrons. The van der Waals surface area contributed by atoms with E-state index in [0.29, 0.717) is 24.9 Å². The van der Waals surface area contributed by atoms with Crippen molar-refractivity contribution in [2.75, 3.05) is 19.6 Å². The Hall–Kier alpha value is -0.290. The number of halogens is 3. The SMILES string of the molecule is NC[C@@H]1CCC[C@H](CNCCC(F)(F)F)C1. The van der Waals surface area contributed by atoms with E-state index in [1.54, 1.807) is 0 Å². The van der Waals surface area contributed by atoms with Crippen molar-refractivity contribution in [3.63, 3.8) is 0 Å². The van der Waals surface area contributed by atoms with Crippen LogP contribution in [0, 0.1) is 11.8 Å². The molecule has 0 aliphatic heterocycles. The van der Waals surface area contributed by atoms with E-state index in [1.165, 1.54) is 6.42 Å². The van der Waals surface area contributed by atoms with Crippen LogP contribution in [0.25, 0.3) is 0 Å². The predicted octanol–water partition coefficient (Wildman–Crippen LogP) is 2.29. The molecule has 2 atom stereocenters. The quantitative estimate of drug-likeness (QED) is 0.721. The van der Waals surface area contributed by atoms with Crippen LogP contribution in [0.3, 0.4) is 0 Å². The van der Waals surface area contributed by atoms with Gasteiger partial charge in [0, 0.05) is 6.54 Å². The number of alkyl halides is 3. The normalized spacial score (nSPS) is 27.0. The van der Waals surface area contributed by atoms with E-state index in [4.69, 9.17) is 5.73 Å². The van der Waals surface area contributed by atoms with Crippen molar-refractivity contribution in [3.05, 3.63) is 0 Å². The molecule has 3 N–H and O–H groups in total. The van der Waals surface area contributed by atoms with Crippen molar-refractivity contribution in [1.29, 1.82) is 0 Å². The molecule has 0 heterocycles. The summed E-state index contributed by atoms with van der Waals surface area (Å²) in [7, 11) is 0. The summed E-state index contributed by atoms with van der Waals surface area (Å²) in [5.74, 6) is 1.08. The Morgan fingerprint density at radius 3 is 2.50 bits per heavy atom. The van der Waals surface area contributed by atoms with Gasteiger partial charge < -0.3 is 11.1 Å². The second-order valence-electron chi connectivity index (χ2n) is 4.70. The number of nitrogens with two attached hydrogens (primary N) is 1. The summed E-state index contributed by atoms with van der Waals surface area (Å²) >= 11 is 0. The first kappa shape index (κ1) is 13.8. The molecule has 0 aromatic heterocycles. The van der Waals surface area contributed by atoms with Crippen LogP contribution in [-0.4, -0.2) is 25.8 Å². The van der Waals surface area contributed by atoms with E-state index in [1.807, 2.05) is 0 Å². The molecule has 0 amide bonds. The van der Waals surface area contributed by atoms with E-state index >= 15 is 0 Å². The number of nitrogens with one attached hydrogen (secondary N) is 1.